The standard InChI is InChI=1S/C11H10N2O2/c1-8-2-3-10-9(6-8)4-5-13(12-10)7-11(14)15/h2-6H,7H2,1H3. The lowest BCUT2D eigenvalue weighted by molar-refractivity contribution is -0.745. The summed E-state index contributed by atoms with van der Waals surface area (Å²) in [5, 5.41) is 15.5. The average molecular weight is 202 g/mol. The Morgan fingerprint density at radius 3 is 3.00 bits per heavy atom. The molecule has 0 radical (unpaired) electrons. The average Bonchev–Trinajstić information content (AvgIpc) is 2.17. The fraction of sp³-hybridized carbons (Fsp3) is 0.182. The van der Waals surface area contributed by atoms with Crippen LogP contribution in [0.15, 0.2) is 30.5 Å². The molecule has 0 saturated heterocycles. The molecule has 0 amide bonds. The first-order valence-electron chi connectivity index (χ1n) is 4.62. The fourth-order valence-corrected chi connectivity index (χ4v) is 1.46. The Balaban J connectivity index is 2.47. The molecule has 2 aromatic rings. The Morgan fingerprint density at radius 1 is 1.47 bits per heavy atom. The first-order valence-corrected chi connectivity index (χ1v) is 4.62. The topological polar surface area (TPSA) is 56.9 Å². The van der Waals surface area contributed by atoms with Crippen LogP contribution in [0.4, 0.5) is 0 Å². The summed E-state index contributed by atoms with van der Waals surface area (Å²) in [5.41, 5.74) is 1.94. The second kappa shape index (κ2) is 3.65. The molecule has 4 heteroatoms. The third-order valence-electron chi connectivity index (χ3n) is 2.14. The van der Waals surface area contributed by atoms with Crippen LogP contribution in [-0.2, 0) is 11.3 Å². The van der Waals surface area contributed by atoms with Crippen molar-refractivity contribution in [3.05, 3.63) is 36.0 Å². The lowest BCUT2D eigenvalue weighted by atomic mass is 10.2. The van der Waals surface area contributed by atoms with Gasteiger partial charge in [-0.3, -0.25) is 0 Å². The van der Waals surface area contributed by atoms with Gasteiger partial charge in [-0.1, -0.05) is 16.3 Å². The minimum Gasteiger partial charge on any atom is -0.544 e. The third-order valence-corrected chi connectivity index (χ3v) is 2.14. The molecule has 2 rings (SSSR count). The quantitative estimate of drug-likeness (QED) is 0.621. The van der Waals surface area contributed by atoms with Gasteiger partial charge < -0.3 is 9.90 Å². The summed E-state index contributed by atoms with van der Waals surface area (Å²) >= 11 is 0. The maximum atomic E-state index is 10.4. The summed E-state index contributed by atoms with van der Waals surface area (Å²) in [6, 6.07) is 7.67. The number of carbonyl (C=O) groups is 1. The number of aromatic nitrogens is 2. The molecule has 15 heavy (non-hydrogen) atoms. The van der Waals surface area contributed by atoms with Crippen molar-refractivity contribution in [2.24, 2.45) is 0 Å². The van der Waals surface area contributed by atoms with Gasteiger partial charge in [0, 0.05) is 16.6 Å². The number of carboxylic acid groups (broad SMARTS) is 1. The highest BCUT2D eigenvalue weighted by Crippen LogP contribution is 2.10. The monoisotopic (exact) mass is 202 g/mol. The van der Waals surface area contributed by atoms with Gasteiger partial charge in [0.1, 0.15) is 11.5 Å². The highest BCUT2D eigenvalue weighted by Gasteiger charge is 2.04. The molecule has 0 saturated carbocycles. The van der Waals surface area contributed by atoms with Crippen molar-refractivity contribution in [2.45, 2.75) is 13.5 Å². The van der Waals surface area contributed by atoms with E-state index in [-0.39, 0.29) is 6.54 Å². The van der Waals surface area contributed by atoms with Gasteiger partial charge in [-0.25, -0.2) is 0 Å². The number of hydrogen-bond acceptors (Lipinski definition) is 3. The molecule has 0 fully saturated rings. The number of aliphatic carboxylic acids is 1. The first kappa shape index (κ1) is 9.58. The van der Waals surface area contributed by atoms with Crippen molar-refractivity contribution in [1.29, 1.82) is 0 Å². The Morgan fingerprint density at radius 2 is 2.27 bits per heavy atom. The first-order chi connectivity index (χ1) is 7.15. The van der Waals surface area contributed by atoms with E-state index >= 15 is 0 Å². The smallest absolute Gasteiger partial charge is 0.213 e. The maximum absolute atomic E-state index is 10.4. The zero-order valence-electron chi connectivity index (χ0n) is 8.30. The predicted molar refractivity (Wildman–Crippen MR) is 51.7 cm³/mol. The molecule has 0 bridgehead atoms. The van der Waals surface area contributed by atoms with Gasteiger partial charge in [0.05, 0.1) is 0 Å². The lowest BCUT2D eigenvalue weighted by Crippen LogP contribution is -2.46. The molecular weight excluding hydrogens is 192 g/mol. The minimum atomic E-state index is -1.14. The maximum Gasteiger partial charge on any atom is 0.213 e. The van der Waals surface area contributed by atoms with Crippen molar-refractivity contribution < 1.29 is 14.6 Å². The lowest BCUT2D eigenvalue weighted by Gasteiger charge is -1.98. The van der Waals surface area contributed by atoms with Gasteiger partial charge in [0.2, 0.25) is 6.54 Å². The second-order valence-corrected chi connectivity index (χ2v) is 3.45. The molecule has 0 aliphatic carbocycles. The molecule has 4 nitrogen and oxygen atoms in total. The number of carboxylic acids is 1. The van der Waals surface area contributed by atoms with Gasteiger partial charge in [-0.05, 0) is 19.1 Å². The summed E-state index contributed by atoms with van der Waals surface area (Å²) in [5.74, 6) is -1.14. The number of aryl methyl sites for hydroxylation is 1. The normalized spacial score (nSPS) is 10.5. The molecule has 76 valence electrons. The molecule has 0 N–H and O–H groups in total. The SMILES string of the molecule is Cc1ccc2n[n+](CC(=O)[O-])ccc2c1. The van der Waals surface area contributed by atoms with E-state index in [9.17, 15) is 9.90 Å². The molecule has 1 heterocycles. The van der Waals surface area contributed by atoms with E-state index in [0.717, 1.165) is 16.5 Å². The second-order valence-electron chi connectivity index (χ2n) is 3.45. The van der Waals surface area contributed by atoms with E-state index < -0.39 is 5.97 Å². The van der Waals surface area contributed by atoms with E-state index in [1.54, 1.807) is 6.20 Å². The molecular formula is C11H10N2O2. The van der Waals surface area contributed by atoms with Crippen LogP contribution in [0.2, 0.25) is 0 Å². The van der Waals surface area contributed by atoms with Crippen LogP contribution in [0.5, 0.6) is 0 Å². The van der Waals surface area contributed by atoms with Crippen LogP contribution >= 0.6 is 0 Å². The van der Waals surface area contributed by atoms with Gasteiger partial charge >= 0.3 is 0 Å². The van der Waals surface area contributed by atoms with E-state index in [0.29, 0.717) is 0 Å². The van der Waals surface area contributed by atoms with Crippen LogP contribution in [0, 0.1) is 6.92 Å². The van der Waals surface area contributed by atoms with Gasteiger partial charge in [-0.15, -0.1) is 0 Å². The summed E-state index contributed by atoms with van der Waals surface area (Å²) in [6.07, 6.45) is 1.64. The van der Waals surface area contributed by atoms with Crippen LogP contribution < -0.4 is 9.79 Å². The molecule has 0 atom stereocenters. The molecule has 0 spiro atoms. The Kier molecular flexibility index (Phi) is 2.33. The third kappa shape index (κ3) is 2.10. The van der Waals surface area contributed by atoms with Crippen molar-refractivity contribution in [2.75, 3.05) is 0 Å². The molecule has 0 aliphatic rings. The molecule has 1 aromatic heterocycles. The van der Waals surface area contributed by atoms with E-state index in [1.165, 1.54) is 4.68 Å². The van der Waals surface area contributed by atoms with E-state index in [2.05, 4.69) is 5.10 Å². The largest absolute Gasteiger partial charge is 0.544 e. The van der Waals surface area contributed by atoms with Gasteiger partial charge in [-0.2, -0.15) is 0 Å². The van der Waals surface area contributed by atoms with E-state index in [4.69, 9.17) is 0 Å². The highest BCUT2D eigenvalue weighted by molar-refractivity contribution is 5.77. The van der Waals surface area contributed by atoms with Crippen LogP contribution in [-0.4, -0.2) is 11.1 Å². The van der Waals surface area contributed by atoms with Crippen molar-refractivity contribution >= 4 is 16.9 Å². The van der Waals surface area contributed by atoms with Crippen LogP contribution in [0.3, 0.4) is 0 Å². The van der Waals surface area contributed by atoms with E-state index in [1.807, 2.05) is 31.2 Å². The molecule has 0 unspecified atom stereocenters. The number of nitrogens with zero attached hydrogens (tertiary/aromatic N) is 2. The number of rotatable bonds is 2. The number of carbonyl (C=O) groups excluding carboxylic acids is 1. The Hall–Kier alpha value is -1.97. The summed E-state index contributed by atoms with van der Waals surface area (Å²) < 4.78 is 1.35. The van der Waals surface area contributed by atoms with Crippen LogP contribution in [0.25, 0.3) is 10.9 Å². The van der Waals surface area contributed by atoms with Gasteiger partial charge in [0.15, 0.2) is 6.20 Å². The summed E-state index contributed by atoms with van der Waals surface area (Å²) in [4.78, 5) is 10.4. The minimum absolute atomic E-state index is 0.218. The molecule has 1 aromatic carbocycles. The summed E-state index contributed by atoms with van der Waals surface area (Å²) in [7, 11) is 0. The highest BCUT2D eigenvalue weighted by atomic mass is 16.4. The zero-order chi connectivity index (χ0) is 10.8. The van der Waals surface area contributed by atoms with Crippen molar-refractivity contribution in [3.63, 3.8) is 0 Å². The summed E-state index contributed by atoms with van der Waals surface area (Å²) in [6.45, 7) is 1.78. The van der Waals surface area contributed by atoms with Crippen LogP contribution in [0.1, 0.15) is 5.56 Å². The van der Waals surface area contributed by atoms with Crippen molar-refractivity contribution in [3.8, 4) is 0 Å². The Bertz CT molecular complexity index is 523. The number of hydrogen-bond donors (Lipinski definition) is 0. The Labute approximate surface area is 86.8 Å². The fourth-order valence-electron chi connectivity index (χ4n) is 1.46. The molecule has 0 aliphatic heterocycles. The number of benzene rings is 1. The predicted octanol–water partition coefficient (Wildman–Crippen LogP) is -0.419. The number of fused-ring (bicyclic) bond motifs is 1. The van der Waals surface area contributed by atoms with Crippen molar-refractivity contribution in [1.82, 2.24) is 5.10 Å². The van der Waals surface area contributed by atoms with Gasteiger partial charge in [0.25, 0.3) is 0 Å². The zero-order valence-corrected chi connectivity index (χ0v) is 8.30.